The summed E-state index contributed by atoms with van der Waals surface area (Å²) >= 11 is 3.02. The van der Waals surface area contributed by atoms with E-state index < -0.39 is 11.6 Å². The number of aromatic nitrogens is 4. The molecule has 0 aliphatic carbocycles. The van der Waals surface area contributed by atoms with Gasteiger partial charge in [0, 0.05) is 18.1 Å². The summed E-state index contributed by atoms with van der Waals surface area (Å²) in [5.41, 5.74) is -0.304. The number of halogens is 3. The lowest BCUT2D eigenvalue weighted by Gasteiger charge is -2.08. The largest absolute Gasteiger partial charge is 0.383 e. The third-order valence-corrected chi connectivity index (χ3v) is 2.95. The van der Waals surface area contributed by atoms with E-state index in [1.54, 1.807) is 7.11 Å². The van der Waals surface area contributed by atoms with Crippen molar-refractivity contribution in [3.05, 3.63) is 34.1 Å². The van der Waals surface area contributed by atoms with Crippen LogP contribution in [0.15, 0.2) is 16.6 Å². The van der Waals surface area contributed by atoms with Gasteiger partial charge in [-0.15, -0.1) is 5.10 Å². The molecule has 0 amide bonds. The summed E-state index contributed by atoms with van der Waals surface area (Å²) in [7, 11) is 1.58. The lowest BCUT2D eigenvalue weighted by molar-refractivity contribution is 0.199. The highest BCUT2D eigenvalue weighted by molar-refractivity contribution is 9.10. The zero-order valence-corrected chi connectivity index (χ0v) is 12.2. The molecule has 0 aliphatic rings. The number of hydrogen-bond acceptors (Lipinski definition) is 5. The van der Waals surface area contributed by atoms with E-state index >= 15 is 0 Å². The van der Waals surface area contributed by atoms with Crippen molar-refractivity contribution in [3.63, 3.8) is 0 Å². The van der Waals surface area contributed by atoms with E-state index in [0.717, 1.165) is 16.8 Å². The summed E-state index contributed by atoms with van der Waals surface area (Å²) in [6, 6.07) is 2.31. The van der Waals surface area contributed by atoms with E-state index in [1.807, 2.05) is 0 Å². The van der Waals surface area contributed by atoms with Crippen LogP contribution in [0.25, 0.3) is 5.69 Å². The van der Waals surface area contributed by atoms with Crippen molar-refractivity contribution in [3.8, 4) is 5.69 Å². The van der Waals surface area contributed by atoms with Gasteiger partial charge in [0.05, 0.1) is 13.2 Å². The van der Waals surface area contributed by atoms with E-state index in [2.05, 4.69) is 36.8 Å². The molecule has 0 saturated carbocycles. The first kappa shape index (κ1) is 14.9. The van der Waals surface area contributed by atoms with Crippen molar-refractivity contribution in [2.45, 2.75) is 6.54 Å². The highest BCUT2D eigenvalue weighted by Crippen LogP contribution is 2.22. The first-order valence-electron chi connectivity index (χ1n) is 5.75. The highest BCUT2D eigenvalue weighted by Gasteiger charge is 2.17. The molecule has 0 saturated heterocycles. The molecule has 1 N–H and O–H groups in total. The first-order valence-corrected chi connectivity index (χ1v) is 6.54. The molecule has 1 heterocycles. The Bertz CT molecular complexity index is 569. The maximum absolute atomic E-state index is 13.9. The molecule has 0 radical (unpaired) electrons. The number of hydrogen-bond donors (Lipinski definition) is 1. The van der Waals surface area contributed by atoms with E-state index in [4.69, 9.17) is 4.74 Å². The van der Waals surface area contributed by atoms with Crippen LogP contribution in [0.2, 0.25) is 0 Å². The molecule has 1 aromatic heterocycles. The van der Waals surface area contributed by atoms with Crippen LogP contribution in [0.3, 0.4) is 0 Å². The Morgan fingerprint density at radius 3 is 2.70 bits per heavy atom. The molecular weight excluding hydrogens is 336 g/mol. The second-order valence-corrected chi connectivity index (χ2v) is 4.81. The number of nitrogens with one attached hydrogen (secondary N) is 1. The molecule has 0 fully saturated rings. The fraction of sp³-hybridized carbons (Fsp3) is 0.364. The van der Waals surface area contributed by atoms with Gasteiger partial charge in [-0.05, 0) is 22.6 Å². The van der Waals surface area contributed by atoms with Gasteiger partial charge >= 0.3 is 0 Å². The van der Waals surface area contributed by atoms with Crippen LogP contribution in [-0.2, 0) is 11.3 Å². The first-order chi connectivity index (χ1) is 9.63. The Morgan fingerprint density at radius 1 is 1.35 bits per heavy atom. The Hall–Kier alpha value is -1.45. The maximum atomic E-state index is 13.9. The van der Waals surface area contributed by atoms with Crippen molar-refractivity contribution < 1.29 is 13.5 Å². The topological polar surface area (TPSA) is 64.9 Å². The van der Waals surface area contributed by atoms with E-state index in [-0.39, 0.29) is 12.2 Å². The fourth-order valence-electron chi connectivity index (χ4n) is 1.60. The Morgan fingerprint density at radius 2 is 2.05 bits per heavy atom. The predicted molar refractivity (Wildman–Crippen MR) is 70.4 cm³/mol. The molecule has 1 aromatic carbocycles. The van der Waals surface area contributed by atoms with Crippen LogP contribution in [0.4, 0.5) is 8.78 Å². The lowest BCUT2D eigenvalue weighted by Crippen LogP contribution is -2.21. The second-order valence-electron chi connectivity index (χ2n) is 3.89. The minimum absolute atomic E-state index is 0.269. The molecule has 20 heavy (non-hydrogen) atoms. The summed E-state index contributed by atoms with van der Waals surface area (Å²) in [6.45, 7) is 1.36. The fourth-order valence-corrected chi connectivity index (χ4v) is 2.00. The molecule has 0 unspecified atom stereocenters. The quantitative estimate of drug-likeness (QED) is 0.801. The molecule has 6 nitrogen and oxygen atoms in total. The van der Waals surface area contributed by atoms with Crippen LogP contribution in [0.5, 0.6) is 0 Å². The third kappa shape index (κ3) is 3.35. The third-order valence-electron chi connectivity index (χ3n) is 2.49. The summed E-state index contributed by atoms with van der Waals surface area (Å²) < 4.78 is 34.0. The van der Waals surface area contributed by atoms with Crippen LogP contribution >= 0.6 is 15.9 Å². The van der Waals surface area contributed by atoms with Crippen molar-refractivity contribution in [1.29, 1.82) is 0 Å². The number of ether oxygens (including phenoxy) is 1. The molecule has 0 aliphatic heterocycles. The molecule has 9 heteroatoms. The Labute approximate surface area is 122 Å². The van der Waals surface area contributed by atoms with Gasteiger partial charge in [0.25, 0.3) is 0 Å². The minimum atomic E-state index is -0.748. The van der Waals surface area contributed by atoms with Crippen LogP contribution in [-0.4, -0.2) is 40.5 Å². The SMILES string of the molecule is COCCNCc1nnnn1-c1c(F)cc(Br)cc1F. The minimum Gasteiger partial charge on any atom is -0.383 e. The van der Waals surface area contributed by atoms with Gasteiger partial charge in [-0.2, -0.15) is 4.68 Å². The monoisotopic (exact) mass is 347 g/mol. The van der Waals surface area contributed by atoms with Crippen LogP contribution in [0.1, 0.15) is 5.82 Å². The van der Waals surface area contributed by atoms with Gasteiger partial charge in [-0.3, -0.25) is 0 Å². The van der Waals surface area contributed by atoms with Crippen molar-refractivity contribution in [2.24, 2.45) is 0 Å². The lowest BCUT2D eigenvalue weighted by atomic mass is 10.3. The van der Waals surface area contributed by atoms with Gasteiger partial charge in [-0.25, -0.2) is 8.78 Å². The van der Waals surface area contributed by atoms with E-state index in [0.29, 0.717) is 23.4 Å². The molecule has 2 aromatic rings. The van der Waals surface area contributed by atoms with E-state index in [9.17, 15) is 8.78 Å². The van der Waals surface area contributed by atoms with Crippen molar-refractivity contribution in [2.75, 3.05) is 20.3 Å². The smallest absolute Gasteiger partial charge is 0.170 e. The van der Waals surface area contributed by atoms with Gasteiger partial charge in [0.1, 0.15) is 5.69 Å². The number of methoxy groups -OCH3 is 1. The maximum Gasteiger partial charge on any atom is 0.170 e. The number of rotatable bonds is 6. The Balaban J connectivity index is 2.24. The number of tetrazole rings is 1. The average Bonchev–Trinajstić information content (AvgIpc) is 2.82. The molecule has 108 valence electrons. The molecule has 0 bridgehead atoms. The number of nitrogens with zero attached hydrogens (tertiary/aromatic N) is 4. The average molecular weight is 348 g/mol. The van der Waals surface area contributed by atoms with Gasteiger partial charge in [0.2, 0.25) is 0 Å². The summed E-state index contributed by atoms with van der Waals surface area (Å²) in [4.78, 5) is 0. The standard InChI is InChI=1S/C11H12BrF2N5O/c1-20-3-2-15-6-10-16-17-18-19(10)11-8(13)4-7(12)5-9(11)14/h4-5,15H,2-3,6H2,1H3. The molecular formula is C11H12BrF2N5O. The zero-order chi connectivity index (χ0) is 14.5. The van der Waals surface area contributed by atoms with Gasteiger partial charge < -0.3 is 10.1 Å². The zero-order valence-electron chi connectivity index (χ0n) is 10.6. The molecule has 2 rings (SSSR count). The van der Waals surface area contributed by atoms with Crippen LogP contribution < -0.4 is 5.32 Å². The normalized spacial score (nSPS) is 11.0. The Kier molecular flexibility index (Phi) is 5.10. The van der Waals surface area contributed by atoms with Gasteiger partial charge in [0.15, 0.2) is 17.5 Å². The van der Waals surface area contributed by atoms with Crippen LogP contribution in [0, 0.1) is 11.6 Å². The predicted octanol–water partition coefficient (Wildman–Crippen LogP) is 1.44. The molecule has 0 spiro atoms. The van der Waals surface area contributed by atoms with Crippen molar-refractivity contribution in [1.82, 2.24) is 25.5 Å². The van der Waals surface area contributed by atoms with Crippen molar-refractivity contribution >= 4 is 15.9 Å². The summed E-state index contributed by atoms with van der Waals surface area (Å²) in [6.07, 6.45) is 0. The summed E-state index contributed by atoms with van der Waals surface area (Å²) in [5, 5.41) is 13.8. The van der Waals surface area contributed by atoms with E-state index in [1.165, 1.54) is 0 Å². The summed E-state index contributed by atoms with van der Waals surface area (Å²) in [5.74, 6) is -1.19. The highest BCUT2D eigenvalue weighted by atomic mass is 79.9. The molecule has 0 atom stereocenters. The number of benzene rings is 1. The second kappa shape index (κ2) is 6.82. The van der Waals surface area contributed by atoms with Gasteiger partial charge in [-0.1, -0.05) is 15.9 Å².